The Morgan fingerprint density at radius 1 is 0.857 bits per heavy atom. The van der Waals surface area contributed by atoms with Crippen LogP contribution in [0.2, 0.25) is 0 Å². The smallest absolute Gasteiger partial charge is 0.222 e. The fourth-order valence-electron chi connectivity index (χ4n) is 2.77. The van der Waals surface area contributed by atoms with E-state index in [2.05, 4.69) is 19.9 Å². The second-order valence-corrected chi connectivity index (χ2v) is 6.07. The Morgan fingerprint density at radius 2 is 1.57 bits per heavy atom. The Labute approximate surface area is 160 Å². The monoisotopic (exact) mass is 373 g/mol. The number of halogens is 1. The van der Waals surface area contributed by atoms with E-state index >= 15 is 0 Å². The molecule has 0 unspecified atom stereocenters. The predicted molar refractivity (Wildman–Crippen MR) is 104 cm³/mol. The second-order valence-electron chi connectivity index (χ2n) is 6.07. The Balaban J connectivity index is 1.69. The van der Waals surface area contributed by atoms with Gasteiger partial charge in [0.1, 0.15) is 5.82 Å². The summed E-state index contributed by atoms with van der Waals surface area (Å²) in [6, 6.07) is 14.0. The van der Waals surface area contributed by atoms with Gasteiger partial charge in [-0.3, -0.25) is 0 Å². The minimum Gasteiger partial charge on any atom is -0.435 e. The van der Waals surface area contributed by atoms with E-state index in [4.69, 9.17) is 10.5 Å². The van der Waals surface area contributed by atoms with Crippen molar-refractivity contribution in [1.82, 2.24) is 19.9 Å². The van der Waals surface area contributed by atoms with Gasteiger partial charge in [0.2, 0.25) is 11.8 Å². The maximum absolute atomic E-state index is 14.5. The molecule has 4 rings (SSSR count). The van der Waals surface area contributed by atoms with Crippen molar-refractivity contribution in [3.63, 3.8) is 0 Å². The first kappa shape index (κ1) is 17.5. The Hall–Kier alpha value is -3.87. The van der Waals surface area contributed by atoms with Crippen LogP contribution in [0.15, 0.2) is 67.1 Å². The highest BCUT2D eigenvalue weighted by atomic mass is 19.1. The Bertz CT molecular complexity index is 1110. The van der Waals surface area contributed by atoms with E-state index in [0.29, 0.717) is 11.4 Å². The maximum atomic E-state index is 14.5. The number of benzene rings is 2. The van der Waals surface area contributed by atoms with Crippen molar-refractivity contribution in [1.29, 1.82) is 0 Å². The third-order valence-corrected chi connectivity index (χ3v) is 4.13. The number of ether oxygens (including phenoxy) is 1. The van der Waals surface area contributed by atoms with E-state index in [0.717, 1.165) is 16.7 Å². The first-order valence-electron chi connectivity index (χ1n) is 8.54. The lowest BCUT2D eigenvalue weighted by Gasteiger charge is -2.12. The molecule has 6 nitrogen and oxygen atoms in total. The van der Waals surface area contributed by atoms with Gasteiger partial charge in [-0.1, -0.05) is 36.4 Å². The molecule has 0 bridgehead atoms. The second kappa shape index (κ2) is 7.40. The molecule has 0 spiro atoms. The molecule has 4 aromatic rings. The summed E-state index contributed by atoms with van der Waals surface area (Å²) in [6.07, 6.45) is 4.89. The van der Waals surface area contributed by atoms with Crippen LogP contribution in [0.5, 0.6) is 11.6 Å². The fraction of sp³-hybridized carbons (Fsp3) is 0.0476. The van der Waals surface area contributed by atoms with Crippen molar-refractivity contribution in [2.24, 2.45) is 0 Å². The van der Waals surface area contributed by atoms with Gasteiger partial charge < -0.3 is 10.5 Å². The van der Waals surface area contributed by atoms with Gasteiger partial charge in [0.15, 0.2) is 11.6 Å². The highest BCUT2D eigenvalue weighted by Crippen LogP contribution is 2.35. The molecule has 0 fully saturated rings. The number of hydrogen-bond acceptors (Lipinski definition) is 6. The third-order valence-electron chi connectivity index (χ3n) is 4.13. The molecule has 0 saturated heterocycles. The summed E-state index contributed by atoms with van der Waals surface area (Å²) < 4.78 is 20.3. The van der Waals surface area contributed by atoms with Crippen molar-refractivity contribution in [2.75, 3.05) is 5.73 Å². The molecule has 0 atom stereocenters. The van der Waals surface area contributed by atoms with Crippen LogP contribution in [0, 0.1) is 12.7 Å². The number of rotatable bonds is 4. The average Bonchev–Trinajstić information content (AvgIpc) is 2.70. The first-order chi connectivity index (χ1) is 13.6. The molecule has 28 heavy (non-hydrogen) atoms. The maximum Gasteiger partial charge on any atom is 0.222 e. The van der Waals surface area contributed by atoms with Crippen molar-refractivity contribution in [3.05, 3.63) is 78.8 Å². The van der Waals surface area contributed by atoms with Gasteiger partial charge in [-0.05, 0) is 24.1 Å². The van der Waals surface area contributed by atoms with Gasteiger partial charge in [0.25, 0.3) is 0 Å². The SMILES string of the molecule is Cc1nccc(Oc2c(F)cccc2-c2ccc(-c3cnc(N)nc3)cc2)n1. The molecule has 7 heteroatoms. The summed E-state index contributed by atoms with van der Waals surface area (Å²) in [5, 5.41) is 0. The summed E-state index contributed by atoms with van der Waals surface area (Å²) in [4.78, 5) is 16.2. The molecule has 0 amide bonds. The summed E-state index contributed by atoms with van der Waals surface area (Å²) in [5.41, 5.74) is 8.72. The molecule has 2 N–H and O–H groups in total. The van der Waals surface area contributed by atoms with Gasteiger partial charge >= 0.3 is 0 Å². The van der Waals surface area contributed by atoms with Crippen LogP contribution in [0.1, 0.15) is 5.82 Å². The lowest BCUT2D eigenvalue weighted by Crippen LogP contribution is -1.96. The van der Waals surface area contributed by atoms with Gasteiger partial charge in [-0.15, -0.1) is 0 Å². The fourth-order valence-corrected chi connectivity index (χ4v) is 2.77. The minimum atomic E-state index is -0.468. The summed E-state index contributed by atoms with van der Waals surface area (Å²) in [5.74, 6) is 0.704. The quantitative estimate of drug-likeness (QED) is 0.570. The van der Waals surface area contributed by atoms with Gasteiger partial charge in [-0.2, -0.15) is 4.98 Å². The average molecular weight is 373 g/mol. The van der Waals surface area contributed by atoms with Crippen molar-refractivity contribution in [3.8, 4) is 33.9 Å². The van der Waals surface area contributed by atoms with Crippen molar-refractivity contribution in [2.45, 2.75) is 6.92 Å². The summed E-state index contributed by atoms with van der Waals surface area (Å²) in [7, 11) is 0. The number of aromatic nitrogens is 4. The molecule has 0 aliphatic carbocycles. The van der Waals surface area contributed by atoms with Crippen LogP contribution in [0.4, 0.5) is 10.3 Å². The highest BCUT2D eigenvalue weighted by Gasteiger charge is 2.14. The van der Waals surface area contributed by atoms with E-state index in [1.165, 1.54) is 6.07 Å². The van der Waals surface area contributed by atoms with E-state index < -0.39 is 5.82 Å². The number of nitrogen functional groups attached to an aromatic ring is 1. The zero-order valence-electron chi connectivity index (χ0n) is 15.0. The van der Waals surface area contributed by atoms with Crippen LogP contribution >= 0.6 is 0 Å². The molecule has 0 radical (unpaired) electrons. The van der Waals surface area contributed by atoms with Gasteiger partial charge in [-0.25, -0.2) is 19.3 Å². The lowest BCUT2D eigenvalue weighted by molar-refractivity contribution is 0.427. The number of para-hydroxylation sites is 1. The van der Waals surface area contributed by atoms with Crippen LogP contribution < -0.4 is 10.5 Å². The van der Waals surface area contributed by atoms with Crippen LogP contribution in [-0.4, -0.2) is 19.9 Å². The van der Waals surface area contributed by atoms with Crippen LogP contribution in [0.3, 0.4) is 0 Å². The minimum absolute atomic E-state index is 0.115. The largest absolute Gasteiger partial charge is 0.435 e. The predicted octanol–water partition coefficient (Wildman–Crippen LogP) is 4.42. The molecule has 0 saturated carbocycles. The number of aryl methyl sites for hydroxylation is 1. The number of nitrogens with two attached hydrogens (primary N) is 1. The van der Waals surface area contributed by atoms with E-state index in [9.17, 15) is 4.39 Å². The topological polar surface area (TPSA) is 86.8 Å². The van der Waals surface area contributed by atoms with E-state index in [1.54, 1.807) is 43.7 Å². The molecule has 0 aliphatic rings. The van der Waals surface area contributed by atoms with Crippen molar-refractivity contribution < 1.29 is 9.13 Å². The van der Waals surface area contributed by atoms with Gasteiger partial charge in [0, 0.05) is 35.8 Å². The van der Waals surface area contributed by atoms with Crippen LogP contribution in [0.25, 0.3) is 22.3 Å². The Morgan fingerprint density at radius 3 is 2.29 bits per heavy atom. The van der Waals surface area contributed by atoms with Crippen molar-refractivity contribution >= 4 is 5.95 Å². The molecular formula is C21H16FN5O. The summed E-state index contributed by atoms with van der Waals surface area (Å²) in [6.45, 7) is 1.74. The van der Waals surface area contributed by atoms with Gasteiger partial charge in [0.05, 0.1) is 0 Å². The highest BCUT2D eigenvalue weighted by molar-refractivity contribution is 5.74. The lowest BCUT2D eigenvalue weighted by atomic mass is 10.0. The standard InChI is InChI=1S/C21H16FN5O/c1-13-24-10-9-19(27-13)28-20-17(3-2-4-18(20)22)15-7-5-14(6-8-15)16-11-25-21(23)26-12-16/h2-12H,1H3,(H2,23,25,26). The molecule has 2 heterocycles. The number of hydrogen-bond donors (Lipinski definition) is 1. The zero-order valence-corrected chi connectivity index (χ0v) is 15.0. The zero-order chi connectivity index (χ0) is 19.5. The normalized spacial score (nSPS) is 10.6. The van der Waals surface area contributed by atoms with Crippen LogP contribution in [-0.2, 0) is 0 Å². The summed E-state index contributed by atoms with van der Waals surface area (Å²) >= 11 is 0. The Kier molecular flexibility index (Phi) is 4.63. The molecule has 0 aliphatic heterocycles. The molecule has 2 aromatic carbocycles. The van der Waals surface area contributed by atoms with E-state index in [1.807, 2.05) is 24.3 Å². The van der Waals surface area contributed by atoms with E-state index in [-0.39, 0.29) is 17.6 Å². The number of nitrogens with zero attached hydrogens (tertiary/aromatic N) is 4. The number of anilines is 1. The first-order valence-corrected chi connectivity index (χ1v) is 8.54. The third kappa shape index (κ3) is 3.64. The molecule has 138 valence electrons. The molecule has 2 aromatic heterocycles. The molecular weight excluding hydrogens is 357 g/mol.